The van der Waals surface area contributed by atoms with E-state index < -0.39 is 0 Å². The minimum Gasteiger partial charge on any atom is -0.347 e. The van der Waals surface area contributed by atoms with Crippen LogP contribution in [0.4, 0.5) is 0 Å². The summed E-state index contributed by atoms with van der Waals surface area (Å²) >= 11 is 1.75. The van der Waals surface area contributed by atoms with Crippen molar-refractivity contribution in [3.05, 3.63) is 42.5 Å². The van der Waals surface area contributed by atoms with Crippen LogP contribution in [-0.4, -0.2) is 17.2 Å². The Kier molecular flexibility index (Phi) is 5.46. The predicted octanol–water partition coefficient (Wildman–Crippen LogP) is 4.16. The zero-order valence-electron chi connectivity index (χ0n) is 13.1. The summed E-state index contributed by atoms with van der Waals surface area (Å²) in [6.07, 6.45) is 1.31. The van der Waals surface area contributed by atoms with Gasteiger partial charge in [-0.05, 0) is 43.0 Å². The Bertz CT molecular complexity index is 469. The van der Waals surface area contributed by atoms with E-state index in [1.165, 1.54) is 16.5 Å². The van der Waals surface area contributed by atoms with Crippen LogP contribution >= 0.6 is 11.8 Å². The topological polar surface area (TPSA) is 29.1 Å². The first-order valence-electron chi connectivity index (χ1n) is 6.82. The number of amides is 1. The molecule has 0 saturated carbocycles. The van der Waals surface area contributed by atoms with Crippen molar-refractivity contribution in [3.63, 3.8) is 0 Å². The molecule has 0 aromatic heterocycles. The third-order valence-corrected chi connectivity index (χ3v) is 4.44. The van der Waals surface area contributed by atoms with Gasteiger partial charge in [0.15, 0.2) is 0 Å². The molecule has 2 nitrogen and oxygen atoms in total. The highest BCUT2D eigenvalue weighted by Gasteiger charge is 2.19. The lowest BCUT2D eigenvalue weighted by atomic mass is 9.87. The Labute approximate surface area is 127 Å². The lowest BCUT2D eigenvalue weighted by molar-refractivity contribution is -0.117. The third kappa shape index (κ3) is 5.41. The quantitative estimate of drug-likeness (QED) is 0.652. The molecule has 20 heavy (non-hydrogen) atoms. The first kappa shape index (κ1) is 16.8. The van der Waals surface area contributed by atoms with Gasteiger partial charge in [-0.1, -0.05) is 39.5 Å². The van der Waals surface area contributed by atoms with E-state index >= 15 is 0 Å². The summed E-state index contributed by atoms with van der Waals surface area (Å²) in [4.78, 5) is 12.6. The molecule has 0 heterocycles. The second kappa shape index (κ2) is 6.49. The molecule has 110 valence electrons. The van der Waals surface area contributed by atoms with Crippen molar-refractivity contribution in [3.8, 4) is 0 Å². The molecule has 1 rings (SSSR count). The van der Waals surface area contributed by atoms with E-state index in [-0.39, 0.29) is 16.9 Å². The number of rotatable bonds is 5. The molecule has 0 radical (unpaired) electrons. The van der Waals surface area contributed by atoms with Gasteiger partial charge in [0.2, 0.25) is 5.91 Å². The molecule has 0 unspecified atom stereocenters. The van der Waals surface area contributed by atoms with E-state index in [1.807, 2.05) is 13.8 Å². The van der Waals surface area contributed by atoms with E-state index in [4.69, 9.17) is 0 Å². The average Bonchev–Trinajstić information content (AvgIpc) is 2.35. The molecule has 3 heteroatoms. The molecular weight excluding hydrogens is 266 g/mol. The molecule has 0 saturated heterocycles. The molecule has 0 fully saturated rings. The van der Waals surface area contributed by atoms with Crippen molar-refractivity contribution in [2.24, 2.45) is 0 Å². The van der Waals surface area contributed by atoms with E-state index in [1.54, 1.807) is 11.8 Å². The van der Waals surface area contributed by atoms with Gasteiger partial charge >= 0.3 is 0 Å². The van der Waals surface area contributed by atoms with Crippen LogP contribution in [-0.2, 0) is 10.2 Å². The fourth-order valence-electron chi connectivity index (χ4n) is 1.74. The van der Waals surface area contributed by atoms with Gasteiger partial charge in [0.05, 0.1) is 0 Å². The number of hydrogen-bond donors (Lipinski definition) is 1. The molecule has 0 spiro atoms. The lowest BCUT2D eigenvalue weighted by Crippen LogP contribution is -2.44. The van der Waals surface area contributed by atoms with Crippen molar-refractivity contribution >= 4 is 17.7 Å². The Morgan fingerprint density at radius 1 is 1.20 bits per heavy atom. The van der Waals surface area contributed by atoms with Crippen molar-refractivity contribution in [1.82, 2.24) is 5.32 Å². The van der Waals surface area contributed by atoms with Crippen LogP contribution in [0.2, 0.25) is 0 Å². The van der Waals surface area contributed by atoms with Gasteiger partial charge in [0.1, 0.15) is 0 Å². The van der Waals surface area contributed by atoms with Crippen LogP contribution in [0.5, 0.6) is 0 Å². The number of carbonyl (C=O) groups excluding carboxylic acids is 1. The first-order valence-corrected chi connectivity index (χ1v) is 7.80. The van der Waals surface area contributed by atoms with E-state index in [9.17, 15) is 4.79 Å². The van der Waals surface area contributed by atoms with Gasteiger partial charge in [-0.3, -0.25) is 4.79 Å². The second-order valence-electron chi connectivity index (χ2n) is 6.64. The Morgan fingerprint density at radius 2 is 1.75 bits per heavy atom. The van der Waals surface area contributed by atoms with Crippen molar-refractivity contribution in [2.45, 2.75) is 50.5 Å². The maximum atomic E-state index is 11.4. The van der Waals surface area contributed by atoms with Gasteiger partial charge < -0.3 is 5.32 Å². The number of benzene rings is 1. The first-order chi connectivity index (χ1) is 9.14. The molecule has 1 aromatic rings. The van der Waals surface area contributed by atoms with E-state index in [0.29, 0.717) is 0 Å². The molecule has 1 aromatic carbocycles. The maximum Gasteiger partial charge on any atom is 0.243 e. The number of thioether (sulfide) groups is 1. The summed E-state index contributed by atoms with van der Waals surface area (Å²) in [7, 11) is 0. The predicted molar refractivity (Wildman–Crippen MR) is 88.3 cm³/mol. The summed E-state index contributed by atoms with van der Waals surface area (Å²) in [5.74, 6) is 0.695. The van der Waals surface area contributed by atoms with Crippen LogP contribution in [0.15, 0.2) is 41.8 Å². The highest BCUT2D eigenvalue weighted by atomic mass is 32.2. The van der Waals surface area contributed by atoms with Gasteiger partial charge in [-0.2, -0.15) is 0 Å². The monoisotopic (exact) mass is 291 g/mol. The smallest absolute Gasteiger partial charge is 0.243 e. The Hall–Kier alpha value is -1.22. The lowest BCUT2D eigenvalue weighted by Gasteiger charge is -2.25. The van der Waals surface area contributed by atoms with Crippen LogP contribution in [0.25, 0.3) is 0 Å². The summed E-state index contributed by atoms with van der Waals surface area (Å²) in [5, 5.41) is 2.93. The summed E-state index contributed by atoms with van der Waals surface area (Å²) in [5.41, 5.74) is 1.26. The number of carbonyl (C=O) groups is 1. The number of nitrogens with one attached hydrogen (secondary N) is 1. The SMILES string of the molecule is C=CC(=O)NC(C)(C)CSc1ccc(C(C)(C)C)cc1. The maximum absolute atomic E-state index is 11.4. The van der Waals surface area contributed by atoms with Crippen molar-refractivity contribution in [2.75, 3.05) is 5.75 Å². The molecule has 1 N–H and O–H groups in total. The molecule has 0 bridgehead atoms. The molecule has 0 aliphatic heterocycles. The average molecular weight is 291 g/mol. The minimum absolute atomic E-state index is 0.126. The molecular formula is C17H25NOS. The summed E-state index contributed by atoms with van der Waals surface area (Å²) in [6, 6.07) is 8.66. The molecule has 0 aliphatic carbocycles. The van der Waals surface area contributed by atoms with Gasteiger partial charge in [-0.15, -0.1) is 11.8 Å². The number of hydrogen-bond acceptors (Lipinski definition) is 2. The summed E-state index contributed by atoms with van der Waals surface area (Å²) in [6.45, 7) is 14.1. The molecule has 0 atom stereocenters. The summed E-state index contributed by atoms with van der Waals surface area (Å²) < 4.78 is 0. The molecule has 0 aliphatic rings. The second-order valence-corrected chi connectivity index (χ2v) is 7.69. The minimum atomic E-state index is -0.251. The van der Waals surface area contributed by atoms with Crippen molar-refractivity contribution < 1.29 is 4.79 Å². The zero-order valence-corrected chi connectivity index (χ0v) is 13.9. The zero-order chi connectivity index (χ0) is 15.4. The van der Waals surface area contributed by atoms with Gasteiger partial charge in [0, 0.05) is 16.2 Å². The van der Waals surface area contributed by atoms with E-state index in [2.05, 4.69) is 56.9 Å². The van der Waals surface area contributed by atoms with E-state index in [0.717, 1.165) is 5.75 Å². The highest BCUT2D eigenvalue weighted by Crippen LogP contribution is 2.27. The van der Waals surface area contributed by atoms with Gasteiger partial charge in [-0.25, -0.2) is 0 Å². The third-order valence-electron chi connectivity index (χ3n) is 2.97. The van der Waals surface area contributed by atoms with Gasteiger partial charge in [0.25, 0.3) is 0 Å². The Balaban J connectivity index is 2.62. The fraction of sp³-hybridized carbons (Fsp3) is 0.471. The normalized spacial score (nSPS) is 12.1. The van der Waals surface area contributed by atoms with Crippen LogP contribution < -0.4 is 5.32 Å². The van der Waals surface area contributed by atoms with Crippen molar-refractivity contribution in [1.29, 1.82) is 0 Å². The van der Waals surface area contributed by atoms with Crippen LogP contribution in [0.3, 0.4) is 0 Å². The van der Waals surface area contributed by atoms with Crippen LogP contribution in [0, 0.1) is 0 Å². The highest BCUT2D eigenvalue weighted by molar-refractivity contribution is 7.99. The fourth-order valence-corrected chi connectivity index (χ4v) is 2.66. The largest absolute Gasteiger partial charge is 0.347 e. The van der Waals surface area contributed by atoms with Crippen LogP contribution in [0.1, 0.15) is 40.2 Å². The Morgan fingerprint density at radius 3 is 2.20 bits per heavy atom. The molecule has 1 amide bonds. The standard InChI is InChI=1S/C17H25NOS/c1-7-15(19)18-17(5,6)12-20-14-10-8-13(9-11-14)16(2,3)4/h7-11H,1,12H2,2-6H3,(H,18,19).